The van der Waals surface area contributed by atoms with Crippen LogP contribution in [-0.2, 0) is 4.79 Å². The van der Waals surface area contributed by atoms with Crippen LogP contribution in [0.4, 0.5) is 0 Å². The molecule has 0 spiro atoms. The maximum Gasteiger partial charge on any atom is 0.236 e. The molecular weight excluding hydrogens is 256 g/mol. The summed E-state index contributed by atoms with van der Waals surface area (Å²) in [4.78, 5) is 16.0. The van der Waals surface area contributed by atoms with E-state index in [1.165, 1.54) is 0 Å². The number of hydrogen-bond donors (Lipinski definition) is 0. The van der Waals surface area contributed by atoms with Crippen LogP contribution in [0.2, 0.25) is 0 Å². The maximum atomic E-state index is 11.8. The largest absolute Gasteiger partial charge is 0.341 e. The van der Waals surface area contributed by atoms with Gasteiger partial charge in [-0.15, -0.1) is 0 Å². The van der Waals surface area contributed by atoms with Crippen LogP contribution in [0.25, 0.3) is 0 Å². The van der Waals surface area contributed by atoms with E-state index in [2.05, 4.69) is 41.8 Å². The molecule has 3 unspecified atom stereocenters. The van der Waals surface area contributed by atoms with Crippen molar-refractivity contribution in [2.45, 2.75) is 31.1 Å². The third-order valence-corrected chi connectivity index (χ3v) is 3.57. The molecule has 15 heavy (non-hydrogen) atoms. The van der Waals surface area contributed by atoms with Gasteiger partial charge in [0, 0.05) is 19.1 Å². The zero-order valence-electron chi connectivity index (χ0n) is 10.0. The lowest BCUT2D eigenvalue weighted by molar-refractivity contribution is -0.132. The minimum Gasteiger partial charge on any atom is -0.341 e. The van der Waals surface area contributed by atoms with E-state index in [0.717, 1.165) is 19.5 Å². The van der Waals surface area contributed by atoms with E-state index in [-0.39, 0.29) is 10.7 Å². The lowest BCUT2D eigenvalue weighted by atomic mass is 9.93. The fourth-order valence-electron chi connectivity index (χ4n) is 2.35. The number of hydrogen-bond acceptors (Lipinski definition) is 2. The quantitative estimate of drug-likeness (QED) is 0.715. The van der Waals surface area contributed by atoms with E-state index in [1.54, 1.807) is 0 Å². The van der Waals surface area contributed by atoms with Crippen LogP contribution in [0.3, 0.4) is 0 Å². The van der Waals surface area contributed by atoms with Crippen LogP contribution in [0.15, 0.2) is 0 Å². The summed E-state index contributed by atoms with van der Waals surface area (Å²) in [5.74, 6) is 0.781. The average Bonchev–Trinajstić information content (AvgIpc) is 2.15. The summed E-state index contributed by atoms with van der Waals surface area (Å²) in [6.45, 7) is 5.90. The first-order valence-corrected chi connectivity index (χ1v) is 6.44. The van der Waals surface area contributed by atoms with Gasteiger partial charge in [0.2, 0.25) is 5.91 Å². The zero-order chi connectivity index (χ0) is 11.6. The number of carbonyl (C=O) groups excluding carboxylic acids is 1. The van der Waals surface area contributed by atoms with Gasteiger partial charge in [0.25, 0.3) is 0 Å². The summed E-state index contributed by atoms with van der Waals surface area (Å²) in [5, 5.41) is 0. The zero-order valence-corrected chi connectivity index (χ0v) is 11.6. The van der Waals surface area contributed by atoms with Crippen LogP contribution >= 0.6 is 15.9 Å². The summed E-state index contributed by atoms with van der Waals surface area (Å²) in [7, 11) is 4.23. The van der Waals surface area contributed by atoms with Crippen molar-refractivity contribution < 1.29 is 4.79 Å². The number of piperidine rings is 1. The molecule has 1 fully saturated rings. The number of nitrogens with zero attached hydrogens (tertiary/aromatic N) is 2. The highest BCUT2D eigenvalue weighted by Gasteiger charge is 2.30. The molecular formula is C11H21BrN2O. The molecule has 1 aliphatic rings. The van der Waals surface area contributed by atoms with Crippen LogP contribution < -0.4 is 0 Å². The first kappa shape index (κ1) is 13.0. The van der Waals surface area contributed by atoms with Gasteiger partial charge < -0.3 is 9.80 Å². The van der Waals surface area contributed by atoms with Crippen molar-refractivity contribution in [1.29, 1.82) is 0 Å². The molecule has 0 aromatic rings. The monoisotopic (exact) mass is 276 g/mol. The Morgan fingerprint density at radius 2 is 2.13 bits per heavy atom. The van der Waals surface area contributed by atoms with E-state index in [0.29, 0.717) is 12.0 Å². The molecule has 1 amide bonds. The second kappa shape index (κ2) is 5.30. The van der Waals surface area contributed by atoms with Crippen molar-refractivity contribution in [3.63, 3.8) is 0 Å². The lowest BCUT2D eigenvalue weighted by Gasteiger charge is -2.40. The second-order valence-corrected chi connectivity index (χ2v) is 6.07. The Morgan fingerprint density at radius 1 is 1.53 bits per heavy atom. The third-order valence-electron chi connectivity index (χ3n) is 3.18. The normalized spacial score (nSPS) is 29.3. The molecule has 1 aliphatic heterocycles. The molecule has 1 heterocycles. The van der Waals surface area contributed by atoms with Gasteiger partial charge in [0.1, 0.15) is 0 Å². The van der Waals surface area contributed by atoms with E-state index in [4.69, 9.17) is 0 Å². The standard InChI is InChI=1S/C11H21BrN2O/c1-8-7-14(11(15)9(2)12)6-5-10(8)13(3)4/h8-10H,5-7H2,1-4H3. The SMILES string of the molecule is CC(Br)C(=O)N1CCC(N(C)C)C(C)C1. The minimum absolute atomic E-state index is 0.0550. The molecule has 0 bridgehead atoms. The van der Waals surface area contributed by atoms with Gasteiger partial charge in [-0.25, -0.2) is 0 Å². The van der Waals surface area contributed by atoms with E-state index in [1.807, 2.05) is 11.8 Å². The molecule has 88 valence electrons. The van der Waals surface area contributed by atoms with Gasteiger partial charge in [-0.1, -0.05) is 22.9 Å². The molecule has 0 aromatic heterocycles. The molecule has 0 aromatic carbocycles. The molecule has 0 radical (unpaired) electrons. The lowest BCUT2D eigenvalue weighted by Crippen LogP contribution is -2.50. The maximum absolute atomic E-state index is 11.8. The topological polar surface area (TPSA) is 23.6 Å². The van der Waals surface area contributed by atoms with Gasteiger partial charge in [0.05, 0.1) is 4.83 Å². The number of amides is 1. The highest BCUT2D eigenvalue weighted by atomic mass is 79.9. The summed E-state index contributed by atoms with van der Waals surface area (Å²) < 4.78 is 0. The third kappa shape index (κ3) is 3.18. The predicted octanol–water partition coefficient (Wildman–Crippen LogP) is 1.57. The Bertz CT molecular complexity index is 231. The first-order chi connectivity index (χ1) is 6.93. The second-order valence-electron chi connectivity index (χ2n) is 4.70. The van der Waals surface area contributed by atoms with Crippen molar-refractivity contribution >= 4 is 21.8 Å². The number of alkyl halides is 1. The Kier molecular flexibility index (Phi) is 4.59. The van der Waals surface area contributed by atoms with E-state index < -0.39 is 0 Å². The van der Waals surface area contributed by atoms with E-state index in [9.17, 15) is 4.79 Å². The van der Waals surface area contributed by atoms with Crippen molar-refractivity contribution in [2.24, 2.45) is 5.92 Å². The van der Waals surface area contributed by atoms with Gasteiger partial charge in [-0.05, 0) is 33.4 Å². The van der Waals surface area contributed by atoms with Gasteiger partial charge in [-0.3, -0.25) is 4.79 Å². The molecule has 0 saturated carbocycles. The molecule has 1 saturated heterocycles. The Labute approximate surface area is 101 Å². The number of rotatable bonds is 2. The highest BCUT2D eigenvalue weighted by molar-refractivity contribution is 9.10. The van der Waals surface area contributed by atoms with Crippen molar-refractivity contribution in [3.05, 3.63) is 0 Å². The first-order valence-electron chi connectivity index (χ1n) is 5.52. The smallest absolute Gasteiger partial charge is 0.236 e. The average molecular weight is 277 g/mol. The molecule has 3 nitrogen and oxygen atoms in total. The highest BCUT2D eigenvalue weighted by Crippen LogP contribution is 2.21. The predicted molar refractivity (Wildman–Crippen MR) is 66.2 cm³/mol. The van der Waals surface area contributed by atoms with Crippen LogP contribution in [0.1, 0.15) is 20.3 Å². The van der Waals surface area contributed by atoms with Crippen LogP contribution in [0, 0.1) is 5.92 Å². The fourth-order valence-corrected chi connectivity index (χ4v) is 2.64. The molecule has 3 atom stereocenters. The number of carbonyl (C=O) groups is 1. The Hall–Kier alpha value is -0.0900. The Morgan fingerprint density at radius 3 is 2.53 bits per heavy atom. The number of halogens is 1. The summed E-state index contributed by atoms with van der Waals surface area (Å²) in [6.07, 6.45) is 1.08. The van der Waals surface area contributed by atoms with E-state index >= 15 is 0 Å². The van der Waals surface area contributed by atoms with Crippen LogP contribution in [-0.4, -0.2) is 53.8 Å². The fraction of sp³-hybridized carbons (Fsp3) is 0.909. The van der Waals surface area contributed by atoms with Gasteiger partial charge in [0.15, 0.2) is 0 Å². The number of likely N-dealkylation sites (tertiary alicyclic amines) is 1. The summed E-state index contributed by atoms with van der Waals surface area (Å²) >= 11 is 3.34. The minimum atomic E-state index is -0.0550. The molecule has 1 rings (SSSR count). The molecule has 4 heteroatoms. The molecule has 0 aliphatic carbocycles. The summed E-state index contributed by atoms with van der Waals surface area (Å²) in [5.41, 5.74) is 0. The Balaban J connectivity index is 2.54. The van der Waals surface area contributed by atoms with Crippen molar-refractivity contribution in [1.82, 2.24) is 9.80 Å². The van der Waals surface area contributed by atoms with Crippen molar-refractivity contribution in [2.75, 3.05) is 27.2 Å². The van der Waals surface area contributed by atoms with Crippen LogP contribution in [0.5, 0.6) is 0 Å². The van der Waals surface area contributed by atoms with Gasteiger partial charge >= 0.3 is 0 Å². The van der Waals surface area contributed by atoms with Crippen molar-refractivity contribution in [3.8, 4) is 0 Å². The van der Waals surface area contributed by atoms with Gasteiger partial charge in [-0.2, -0.15) is 0 Å². The summed E-state index contributed by atoms with van der Waals surface area (Å²) in [6, 6.07) is 0.611. The molecule has 0 N–H and O–H groups in total.